The second kappa shape index (κ2) is 6.57. The maximum atomic E-state index is 11.3. The molecule has 19 heavy (non-hydrogen) atoms. The zero-order valence-corrected chi connectivity index (χ0v) is 11.3. The Kier molecular flexibility index (Phi) is 4.80. The Hall–Kier alpha value is -1.55. The first-order valence-electron chi connectivity index (χ1n) is 6.91. The number of rotatable bonds is 5. The van der Waals surface area contributed by atoms with Crippen molar-refractivity contribution in [2.24, 2.45) is 0 Å². The van der Waals surface area contributed by atoms with Gasteiger partial charge < -0.3 is 15.2 Å². The molecule has 1 amide bonds. The molecule has 4 heteroatoms. The first kappa shape index (κ1) is 13.9. The van der Waals surface area contributed by atoms with Gasteiger partial charge in [0.15, 0.2) is 0 Å². The molecule has 104 valence electrons. The lowest BCUT2D eigenvalue weighted by molar-refractivity contribution is -0.121. The molecule has 1 aromatic rings. The third-order valence-electron chi connectivity index (χ3n) is 3.37. The predicted octanol–water partition coefficient (Wildman–Crippen LogP) is 1.96. The van der Waals surface area contributed by atoms with E-state index >= 15 is 0 Å². The van der Waals surface area contributed by atoms with E-state index in [-0.39, 0.29) is 12.0 Å². The van der Waals surface area contributed by atoms with E-state index in [9.17, 15) is 9.90 Å². The van der Waals surface area contributed by atoms with Gasteiger partial charge in [0.2, 0.25) is 5.91 Å². The maximum Gasteiger partial charge on any atom is 0.223 e. The van der Waals surface area contributed by atoms with Crippen LogP contribution in [0.1, 0.15) is 43.4 Å². The van der Waals surface area contributed by atoms with Crippen molar-refractivity contribution in [1.82, 2.24) is 5.32 Å². The van der Waals surface area contributed by atoms with Gasteiger partial charge in [-0.3, -0.25) is 4.79 Å². The van der Waals surface area contributed by atoms with E-state index in [1.54, 1.807) is 0 Å². The van der Waals surface area contributed by atoms with Gasteiger partial charge in [0.1, 0.15) is 5.75 Å². The van der Waals surface area contributed by atoms with Crippen LogP contribution in [0.3, 0.4) is 0 Å². The summed E-state index contributed by atoms with van der Waals surface area (Å²) in [5.41, 5.74) is 2.18. The Labute approximate surface area is 113 Å². The summed E-state index contributed by atoms with van der Waals surface area (Å²) in [5, 5.41) is 12.7. The fourth-order valence-corrected chi connectivity index (χ4v) is 2.39. The Bertz CT molecular complexity index is 445. The van der Waals surface area contributed by atoms with E-state index in [1.807, 2.05) is 25.1 Å². The van der Waals surface area contributed by atoms with Crippen molar-refractivity contribution >= 4 is 5.91 Å². The highest BCUT2D eigenvalue weighted by Crippen LogP contribution is 2.32. The second-order valence-corrected chi connectivity index (χ2v) is 4.82. The van der Waals surface area contributed by atoms with Crippen molar-refractivity contribution in [3.8, 4) is 5.75 Å². The number of hydrogen-bond acceptors (Lipinski definition) is 3. The van der Waals surface area contributed by atoms with Crippen molar-refractivity contribution in [2.45, 2.75) is 38.7 Å². The summed E-state index contributed by atoms with van der Waals surface area (Å²) in [6.45, 7) is 2.90. The molecule has 0 heterocycles. The largest absolute Gasteiger partial charge is 0.493 e. The average molecular weight is 263 g/mol. The number of aliphatic hydroxyl groups excluding tert-OH is 1. The zero-order valence-electron chi connectivity index (χ0n) is 11.3. The van der Waals surface area contributed by atoms with Crippen molar-refractivity contribution < 1.29 is 14.6 Å². The quantitative estimate of drug-likeness (QED) is 0.853. The summed E-state index contributed by atoms with van der Waals surface area (Å²) >= 11 is 0. The molecule has 0 fully saturated rings. The van der Waals surface area contributed by atoms with Gasteiger partial charge in [0, 0.05) is 6.54 Å². The summed E-state index contributed by atoms with van der Waals surface area (Å²) in [5.74, 6) is 0.726. The lowest BCUT2D eigenvalue weighted by Gasteiger charge is -2.21. The number of aliphatic hydroxyl groups is 1. The van der Waals surface area contributed by atoms with Crippen LogP contribution in [0.25, 0.3) is 0 Å². The minimum atomic E-state index is -0.379. The topological polar surface area (TPSA) is 58.6 Å². The van der Waals surface area contributed by atoms with Gasteiger partial charge in [-0.15, -0.1) is 0 Å². The number of nitrogens with one attached hydrogen (secondary N) is 1. The van der Waals surface area contributed by atoms with E-state index in [0.717, 1.165) is 30.6 Å². The van der Waals surface area contributed by atoms with Crippen LogP contribution in [0.4, 0.5) is 0 Å². The molecule has 0 radical (unpaired) electrons. The molecular formula is C15H21NO3. The van der Waals surface area contributed by atoms with Crippen LogP contribution in [0.15, 0.2) is 18.2 Å². The third kappa shape index (κ3) is 3.70. The molecule has 0 aliphatic heterocycles. The summed E-state index contributed by atoms with van der Waals surface area (Å²) in [4.78, 5) is 11.3. The van der Waals surface area contributed by atoms with E-state index in [0.29, 0.717) is 19.6 Å². The van der Waals surface area contributed by atoms with Gasteiger partial charge in [-0.1, -0.05) is 6.07 Å². The summed E-state index contributed by atoms with van der Waals surface area (Å²) in [7, 11) is 0. The third-order valence-corrected chi connectivity index (χ3v) is 3.37. The van der Waals surface area contributed by atoms with Crippen LogP contribution in [-0.4, -0.2) is 24.2 Å². The lowest BCUT2D eigenvalue weighted by Crippen LogP contribution is -2.24. The monoisotopic (exact) mass is 263 g/mol. The van der Waals surface area contributed by atoms with Crippen LogP contribution in [0.2, 0.25) is 0 Å². The summed E-state index contributed by atoms with van der Waals surface area (Å²) in [6, 6.07) is 5.82. The summed E-state index contributed by atoms with van der Waals surface area (Å²) < 4.78 is 5.57. The number of carbonyl (C=O) groups excluding carboxylic acids is 1. The smallest absolute Gasteiger partial charge is 0.223 e. The lowest BCUT2D eigenvalue weighted by atomic mass is 9.89. The molecule has 0 spiro atoms. The number of ether oxygens (including phenoxy) is 1. The highest BCUT2D eigenvalue weighted by molar-refractivity contribution is 5.75. The molecule has 2 rings (SSSR count). The van der Waals surface area contributed by atoms with Crippen molar-refractivity contribution in [3.63, 3.8) is 0 Å². The predicted molar refractivity (Wildman–Crippen MR) is 73.1 cm³/mol. The van der Waals surface area contributed by atoms with Crippen molar-refractivity contribution in [1.29, 1.82) is 0 Å². The normalized spacial score (nSPS) is 17.7. The molecule has 1 aliphatic carbocycles. The van der Waals surface area contributed by atoms with Gasteiger partial charge in [0.25, 0.3) is 0 Å². The molecule has 2 N–H and O–H groups in total. The fraction of sp³-hybridized carbons (Fsp3) is 0.533. The zero-order chi connectivity index (χ0) is 13.7. The van der Waals surface area contributed by atoms with Crippen molar-refractivity contribution in [3.05, 3.63) is 29.3 Å². The molecule has 0 saturated carbocycles. The Morgan fingerprint density at radius 3 is 3.16 bits per heavy atom. The SMILES string of the molecule is CCNC(=O)CCOc1ccc2c(c1)C(O)CCC2. The molecule has 0 aromatic heterocycles. The van der Waals surface area contributed by atoms with Gasteiger partial charge in [-0.05, 0) is 49.4 Å². The van der Waals surface area contributed by atoms with E-state index in [1.165, 1.54) is 5.56 Å². The molecule has 1 aliphatic rings. The van der Waals surface area contributed by atoms with Crippen LogP contribution in [0.5, 0.6) is 5.75 Å². The van der Waals surface area contributed by atoms with Crippen LogP contribution in [0, 0.1) is 0 Å². The number of carbonyl (C=O) groups is 1. The van der Waals surface area contributed by atoms with Gasteiger partial charge in [-0.25, -0.2) is 0 Å². The van der Waals surface area contributed by atoms with Crippen LogP contribution >= 0.6 is 0 Å². The Balaban J connectivity index is 1.91. The average Bonchev–Trinajstić information content (AvgIpc) is 2.40. The van der Waals surface area contributed by atoms with Crippen LogP contribution in [-0.2, 0) is 11.2 Å². The molecule has 0 bridgehead atoms. The number of hydrogen-bond donors (Lipinski definition) is 2. The summed E-state index contributed by atoms with van der Waals surface area (Å²) in [6.07, 6.45) is 2.84. The van der Waals surface area contributed by atoms with Gasteiger partial charge in [0.05, 0.1) is 19.1 Å². The standard InChI is InChI=1S/C15H21NO3/c1-2-16-15(18)8-9-19-12-7-6-11-4-3-5-14(17)13(11)10-12/h6-7,10,14,17H,2-5,8-9H2,1H3,(H,16,18). The minimum absolute atomic E-state index is 0.000458. The van der Waals surface area contributed by atoms with E-state index in [4.69, 9.17) is 4.74 Å². The highest BCUT2D eigenvalue weighted by Gasteiger charge is 2.18. The highest BCUT2D eigenvalue weighted by atomic mass is 16.5. The van der Waals surface area contributed by atoms with E-state index < -0.39 is 0 Å². The van der Waals surface area contributed by atoms with Crippen molar-refractivity contribution in [2.75, 3.05) is 13.2 Å². The fourth-order valence-electron chi connectivity index (χ4n) is 2.39. The number of aryl methyl sites for hydroxylation is 1. The van der Waals surface area contributed by atoms with E-state index in [2.05, 4.69) is 5.32 Å². The molecule has 1 atom stereocenters. The Morgan fingerprint density at radius 1 is 1.53 bits per heavy atom. The van der Waals surface area contributed by atoms with Gasteiger partial charge in [-0.2, -0.15) is 0 Å². The molecular weight excluding hydrogens is 242 g/mol. The number of benzene rings is 1. The van der Waals surface area contributed by atoms with Crippen LogP contribution < -0.4 is 10.1 Å². The molecule has 0 saturated heterocycles. The minimum Gasteiger partial charge on any atom is -0.493 e. The molecule has 1 aromatic carbocycles. The first-order valence-corrected chi connectivity index (χ1v) is 6.91. The van der Waals surface area contributed by atoms with Gasteiger partial charge >= 0.3 is 0 Å². The second-order valence-electron chi connectivity index (χ2n) is 4.82. The Morgan fingerprint density at radius 2 is 2.37 bits per heavy atom. The molecule has 1 unspecified atom stereocenters. The number of amides is 1. The first-order chi connectivity index (χ1) is 9.20. The number of fused-ring (bicyclic) bond motifs is 1. The maximum absolute atomic E-state index is 11.3. The molecule has 4 nitrogen and oxygen atoms in total.